The highest BCUT2D eigenvalue weighted by atomic mass is 19.1. The molecule has 0 radical (unpaired) electrons. The van der Waals surface area contributed by atoms with E-state index in [1.165, 1.54) is 40.3 Å². The van der Waals surface area contributed by atoms with Gasteiger partial charge >= 0.3 is 0 Å². The Morgan fingerprint density at radius 1 is 1.08 bits per heavy atom. The Morgan fingerprint density at radius 3 is 2.92 bits per heavy atom. The third-order valence-corrected chi connectivity index (χ3v) is 11.4. The van der Waals surface area contributed by atoms with E-state index in [1.54, 1.807) is 0 Å². The van der Waals surface area contributed by atoms with E-state index >= 15 is 0 Å². The third-order valence-electron chi connectivity index (χ3n) is 11.4. The topological polar surface area (TPSA) is 25.4 Å². The van der Waals surface area contributed by atoms with Gasteiger partial charge in [-0.25, -0.2) is 4.39 Å². The summed E-state index contributed by atoms with van der Waals surface area (Å²) in [5.74, 6) is 1.11. The summed E-state index contributed by atoms with van der Waals surface area (Å²) in [6.07, 6.45) is 18.3. The molecule has 1 unspecified atom stereocenters. The Hall–Kier alpha value is -2.04. The van der Waals surface area contributed by atoms with Crippen molar-refractivity contribution in [3.8, 4) is 0 Å². The molecule has 4 fully saturated rings. The van der Waals surface area contributed by atoms with Crippen LogP contribution in [0.1, 0.15) is 76.2 Å². The Labute approximate surface area is 213 Å². The molecule has 2 aromatic rings. The van der Waals surface area contributed by atoms with Crippen molar-refractivity contribution in [2.75, 3.05) is 13.1 Å². The van der Waals surface area contributed by atoms with E-state index < -0.39 is 6.17 Å². The van der Waals surface area contributed by atoms with Crippen molar-refractivity contribution in [1.29, 1.82) is 0 Å². The fourth-order valence-corrected chi connectivity index (χ4v) is 9.64. The molecule has 3 nitrogen and oxygen atoms in total. The van der Waals surface area contributed by atoms with Crippen molar-refractivity contribution in [3.63, 3.8) is 0 Å². The van der Waals surface area contributed by atoms with Gasteiger partial charge in [0.1, 0.15) is 6.17 Å². The highest BCUT2D eigenvalue weighted by Gasteiger charge is 2.66. The molecule has 8 rings (SSSR count). The zero-order valence-electron chi connectivity index (χ0n) is 21.4. The van der Waals surface area contributed by atoms with Crippen LogP contribution < -0.4 is 0 Å². The molecule has 1 aromatic heterocycles. The molecule has 2 bridgehead atoms. The number of hydrogen-bond acceptors (Lipinski definition) is 3. The Kier molecular flexibility index (Phi) is 4.59. The van der Waals surface area contributed by atoms with Crippen LogP contribution in [0.5, 0.6) is 0 Å². The van der Waals surface area contributed by atoms with Gasteiger partial charge in [0.25, 0.3) is 0 Å². The average molecular weight is 485 g/mol. The first-order chi connectivity index (χ1) is 17.5. The molecule has 188 valence electrons. The number of alkyl halides is 1. The predicted molar refractivity (Wildman–Crippen MR) is 141 cm³/mol. The van der Waals surface area contributed by atoms with Crippen LogP contribution in [0.15, 0.2) is 60.0 Å². The van der Waals surface area contributed by atoms with Gasteiger partial charge in [-0.2, -0.15) is 0 Å². The van der Waals surface area contributed by atoms with Gasteiger partial charge in [0.05, 0.1) is 11.2 Å². The highest BCUT2D eigenvalue weighted by molar-refractivity contribution is 5.82. The van der Waals surface area contributed by atoms with Crippen LogP contribution in [0, 0.1) is 11.3 Å². The van der Waals surface area contributed by atoms with Gasteiger partial charge in [0, 0.05) is 36.9 Å². The van der Waals surface area contributed by atoms with Gasteiger partial charge in [-0.15, -0.1) is 0 Å². The quantitative estimate of drug-likeness (QED) is 0.464. The summed E-state index contributed by atoms with van der Waals surface area (Å²) in [4.78, 5) is 6.81. The highest BCUT2D eigenvalue weighted by Crippen LogP contribution is 2.69. The summed E-state index contributed by atoms with van der Waals surface area (Å²) in [5.41, 5.74) is 4.47. The van der Waals surface area contributed by atoms with Gasteiger partial charge < -0.3 is 4.74 Å². The molecule has 4 heteroatoms. The number of likely N-dealkylation sites (tertiary alicyclic amines) is 1. The lowest BCUT2D eigenvalue weighted by Crippen LogP contribution is -2.55. The van der Waals surface area contributed by atoms with Crippen LogP contribution in [0.3, 0.4) is 0 Å². The first-order valence-corrected chi connectivity index (χ1v) is 14.3. The number of pyridine rings is 1. The lowest BCUT2D eigenvalue weighted by Gasteiger charge is -2.55. The molecule has 4 heterocycles. The van der Waals surface area contributed by atoms with E-state index in [2.05, 4.69) is 53.2 Å². The molecule has 3 aliphatic carbocycles. The van der Waals surface area contributed by atoms with Gasteiger partial charge in [-0.05, 0) is 109 Å². The van der Waals surface area contributed by atoms with Gasteiger partial charge in [0.2, 0.25) is 0 Å². The zero-order chi connectivity index (χ0) is 24.1. The molecule has 0 amide bonds. The lowest BCUT2D eigenvalue weighted by molar-refractivity contribution is -0.140. The number of halogens is 1. The molecule has 2 saturated carbocycles. The normalized spacial score (nSPS) is 43.6. The number of rotatable bonds is 2. The number of aromatic nitrogens is 1. The van der Waals surface area contributed by atoms with E-state index in [4.69, 9.17) is 4.74 Å². The maximum atomic E-state index is 14.0. The summed E-state index contributed by atoms with van der Waals surface area (Å²) < 4.78 is 21.5. The van der Waals surface area contributed by atoms with Crippen LogP contribution in [0.4, 0.5) is 4.39 Å². The van der Waals surface area contributed by atoms with Crippen molar-refractivity contribution in [2.45, 2.75) is 94.0 Å². The van der Waals surface area contributed by atoms with E-state index in [0.717, 1.165) is 45.1 Å². The number of ether oxygens (including phenoxy) is 1. The van der Waals surface area contributed by atoms with Crippen molar-refractivity contribution in [1.82, 2.24) is 9.88 Å². The van der Waals surface area contributed by atoms with Crippen LogP contribution in [-0.2, 0) is 4.74 Å². The molecule has 7 atom stereocenters. The smallest absolute Gasteiger partial charge is 0.114 e. The first-order valence-electron chi connectivity index (χ1n) is 14.3. The second-order valence-electron chi connectivity index (χ2n) is 13.0. The van der Waals surface area contributed by atoms with Crippen molar-refractivity contribution in [2.24, 2.45) is 11.3 Å². The fraction of sp³-hybridized carbons (Fsp3) is 0.594. The molecule has 1 aromatic carbocycles. The number of fused-ring (bicyclic) bond motifs is 2. The Bertz CT molecular complexity index is 1300. The number of nitrogens with zero attached hydrogens (tertiary/aromatic N) is 2. The van der Waals surface area contributed by atoms with Gasteiger partial charge in [0.15, 0.2) is 0 Å². The van der Waals surface area contributed by atoms with Crippen LogP contribution in [0.2, 0.25) is 0 Å². The van der Waals surface area contributed by atoms with Crippen LogP contribution >= 0.6 is 0 Å². The van der Waals surface area contributed by atoms with Gasteiger partial charge in [-0.3, -0.25) is 9.88 Å². The molecule has 2 saturated heterocycles. The summed E-state index contributed by atoms with van der Waals surface area (Å²) in [7, 11) is 0. The standard InChI is InChI=1S/C32H37FN2O/c1-30-11-8-25-17-24-4-5-27(35-15-10-26(33)20-35)18-31(24)12-13-32(25,36-31)29(30)7-6-28(30)22-3-2-21-9-14-34-19-23(21)16-22/h2-3,8-9,14,16-17,19,26-29H,4-7,10-13,15,18,20H2,1H3/t26-,27-,28?,29+,30+,31+,32+/m0/s1. The largest absolute Gasteiger partial charge is 0.359 e. The van der Waals surface area contributed by atoms with E-state index in [0.29, 0.717) is 30.8 Å². The van der Waals surface area contributed by atoms with Crippen molar-refractivity contribution in [3.05, 3.63) is 65.5 Å². The third kappa shape index (κ3) is 2.89. The van der Waals surface area contributed by atoms with Crippen molar-refractivity contribution < 1.29 is 9.13 Å². The number of hydrogen-bond donors (Lipinski definition) is 0. The molecule has 0 N–H and O–H groups in total. The molecule has 6 aliphatic rings. The van der Waals surface area contributed by atoms with E-state index in [9.17, 15) is 4.39 Å². The minimum Gasteiger partial charge on any atom is -0.359 e. The first kappa shape index (κ1) is 22.0. The lowest BCUT2D eigenvalue weighted by atomic mass is 9.58. The predicted octanol–water partition coefficient (Wildman–Crippen LogP) is 6.89. The Balaban J connectivity index is 1.14. The number of allylic oxidation sites excluding steroid dienone is 1. The monoisotopic (exact) mass is 484 g/mol. The van der Waals surface area contributed by atoms with Crippen LogP contribution in [-0.4, -0.2) is 46.4 Å². The summed E-state index contributed by atoms with van der Waals surface area (Å²) in [6, 6.07) is 9.63. The van der Waals surface area contributed by atoms with Gasteiger partial charge in [-0.1, -0.05) is 31.2 Å². The summed E-state index contributed by atoms with van der Waals surface area (Å²) in [5, 5.41) is 2.52. The summed E-state index contributed by atoms with van der Waals surface area (Å²) in [6.45, 7) is 4.09. The average Bonchev–Trinajstić information content (AvgIpc) is 3.57. The minimum absolute atomic E-state index is 0.111. The number of benzene rings is 1. The second-order valence-corrected chi connectivity index (χ2v) is 13.0. The Morgan fingerprint density at radius 2 is 2.03 bits per heavy atom. The maximum Gasteiger partial charge on any atom is 0.114 e. The van der Waals surface area contributed by atoms with Crippen molar-refractivity contribution >= 4 is 10.8 Å². The van der Waals surface area contributed by atoms with E-state index in [-0.39, 0.29) is 16.6 Å². The molecular formula is C32H37FN2O. The second kappa shape index (κ2) is 7.51. The SMILES string of the molecule is C[C@]12CC=C3C=C4CC[C@H](N5CC[C@H](F)C5)C[C@]45CC[C@]3(O5)[C@@H]1CCC2c1ccc2ccncc2c1. The summed E-state index contributed by atoms with van der Waals surface area (Å²) >= 11 is 0. The molecular weight excluding hydrogens is 447 g/mol. The fourth-order valence-electron chi connectivity index (χ4n) is 9.64. The van der Waals surface area contributed by atoms with E-state index in [1.807, 2.05) is 12.4 Å². The molecule has 3 aliphatic heterocycles. The zero-order valence-corrected chi connectivity index (χ0v) is 21.4. The minimum atomic E-state index is -0.642. The molecule has 2 spiro atoms. The maximum absolute atomic E-state index is 14.0. The molecule has 36 heavy (non-hydrogen) atoms. The van der Waals surface area contributed by atoms with Crippen LogP contribution in [0.25, 0.3) is 10.8 Å².